The molecule has 21 heavy (non-hydrogen) atoms. The van der Waals surface area contributed by atoms with E-state index in [4.69, 9.17) is 4.74 Å². The minimum atomic E-state index is -0.617. The number of anilines is 3. The first-order valence-corrected chi connectivity index (χ1v) is 5.84. The number of rotatable bonds is 5. The zero-order chi connectivity index (χ0) is 15.4. The van der Waals surface area contributed by atoms with Crippen molar-refractivity contribution in [3.8, 4) is 5.75 Å². The molecule has 2 rings (SSSR count). The number of ether oxygens (including phenoxy) is 1. The highest BCUT2D eigenvalue weighted by atomic mass is 19.1. The smallest absolute Gasteiger partial charge is 0.353 e. The number of nitro groups is 1. The van der Waals surface area contributed by atoms with Crippen LogP contribution in [0.3, 0.4) is 0 Å². The third-order valence-electron chi connectivity index (χ3n) is 2.66. The van der Waals surface area contributed by atoms with Gasteiger partial charge in [0.05, 0.1) is 12.0 Å². The van der Waals surface area contributed by atoms with E-state index >= 15 is 0 Å². The Morgan fingerprint density at radius 2 is 2.05 bits per heavy atom. The minimum absolute atomic E-state index is 0.0380. The summed E-state index contributed by atoms with van der Waals surface area (Å²) in [5.41, 5.74) is -0.0200. The predicted molar refractivity (Wildman–Crippen MR) is 74.5 cm³/mol. The zero-order valence-corrected chi connectivity index (χ0v) is 11.3. The van der Waals surface area contributed by atoms with Gasteiger partial charge in [-0.3, -0.25) is 10.1 Å². The first kappa shape index (κ1) is 14.4. The van der Waals surface area contributed by atoms with Crippen LogP contribution in [0, 0.1) is 15.9 Å². The Bertz CT molecular complexity index is 680. The highest BCUT2D eigenvalue weighted by molar-refractivity contribution is 5.73. The number of benzene rings is 1. The van der Waals surface area contributed by atoms with E-state index in [1.807, 2.05) is 0 Å². The summed E-state index contributed by atoms with van der Waals surface area (Å²) < 4.78 is 18.4. The summed E-state index contributed by atoms with van der Waals surface area (Å²) >= 11 is 0. The zero-order valence-electron chi connectivity index (χ0n) is 11.3. The molecule has 8 nitrogen and oxygen atoms in total. The summed E-state index contributed by atoms with van der Waals surface area (Å²) in [4.78, 5) is 18.1. The Hall–Kier alpha value is -2.97. The molecule has 1 aromatic carbocycles. The SMILES string of the molecule is CNc1ncnc(Nc2ccc(OC)c(F)c2)c1[N+](=O)[O-]. The van der Waals surface area contributed by atoms with E-state index in [0.717, 1.165) is 6.07 Å². The van der Waals surface area contributed by atoms with Crippen LogP contribution in [0.5, 0.6) is 5.75 Å². The molecule has 0 spiro atoms. The molecule has 2 aromatic rings. The molecule has 0 amide bonds. The average Bonchev–Trinajstić information content (AvgIpc) is 2.46. The maximum absolute atomic E-state index is 13.6. The molecule has 1 aromatic heterocycles. The molecule has 0 fully saturated rings. The van der Waals surface area contributed by atoms with Gasteiger partial charge in [-0.25, -0.2) is 14.4 Å². The van der Waals surface area contributed by atoms with Gasteiger partial charge in [-0.15, -0.1) is 0 Å². The standard InChI is InChI=1S/C12H12FN5O3/c1-14-11-10(18(19)20)12(16-6-15-11)17-7-3-4-9(21-2)8(13)5-7/h3-6H,1-2H3,(H2,14,15,16,17). The van der Waals surface area contributed by atoms with Crippen LogP contribution in [-0.4, -0.2) is 29.0 Å². The Kier molecular flexibility index (Phi) is 4.12. The molecule has 0 aliphatic heterocycles. The van der Waals surface area contributed by atoms with Crippen molar-refractivity contribution in [1.82, 2.24) is 9.97 Å². The van der Waals surface area contributed by atoms with Gasteiger partial charge in [0.2, 0.25) is 11.6 Å². The van der Waals surface area contributed by atoms with Crippen LogP contribution in [-0.2, 0) is 0 Å². The number of methoxy groups -OCH3 is 1. The van der Waals surface area contributed by atoms with Gasteiger partial charge in [0.25, 0.3) is 0 Å². The Labute approximate surface area is 119 Å². The van der Waals surface area contributed by atoms with E-state index < -0.39 is 10.7 Å². The van der Waals surface area contributed by atoms with Crippen LogP contribution in [0.4, 0.5) is 27.4 Å². The van der Waals surface area contributed by atoms with E-state index in [0.29, 0.717) is 5.69 Å². The summed E-state index contributed by atoms with van der Waals surface area (Å²) in [6.45, 7) is 0. The van der Waals surface area contributed by atoms with Crippen LogP contribution in [0.25, 0.3) is 0 Å². The van der Waals surface area contributed by atoms with Crippen LogP contribution in [0.15, 0.2) is 24.5 Å². The predicted octanol–water partition coefficient (Wildman–Crippen LogP) is 2.32. The summed E-state index contributed by atoms with van der Waals surface area (Å²) in [7, 11) is 2.85. The molecule has 0 bridgehead atoms. The third kappa shape index (κ3) is 2.96. The second kappa shape index (κ2) is 5.99. The van der Waals surface area contributed by atoms with Crippen molar-refractivity contribution in [3.63, 3.8) is 0 Å². The lowest BCUT2D eigenvalue weighted by Crippen LogP contribution is -2.05. The Morgan fingerprint density at radius 3 is 2.62 bits per heavy atom. The van der Waals surface area contributed by atoms with E-state index in [-0.39, 0.29) is 23.1 Å². The van der Waals surface area contributed by atoms with Gasteiger partial charge >= 0.3 is 5.69 Å². The second-order valence-electron chi connectivity index (χ2n) is 3.90. The number of aromatic nitrogens is 2. The first-order chi connectivity index (χ1) is 10.1. The topological polar surface area (TPSA) is 102 Å². The molecule has 0 radical (unpaired) electrons. The van der Waals surface area contributed by atoms with Crippen molar-refractivity contribution < 1.29 is 14.1 Å². The van der Waals surface area contributed by atoms with E-state index in [1.165, 1.54) is 32.6 Å². The molecule has 0 atom stereocenters. The molecule has 0 saturated carbocycles. The summed E-state index contributed by atoms with van der Waals surface area (Å²) in [6, 6.07) is 4.08. The van der Waals surface area contributed by atoms with Gasteiger partial charge in [-0.1, -0.05) is 0 Å². The fourth-order valence-corrected chi connectivity index (χ4v) is 1.71. The van der Waals surface area contributed by atoms with Gasteiger partial charge in [0.1, 0.15) is 6.33 Å². The minimum Gasteiger partial charge on any atom is -0.494 e. The summed E-state index contributed by atoms with van der Waals surface area (Å²) in [5.74, 6) is -0.489. The summed E-state index contributed by atoms with van der Waals surface area (Å²) in [6.07, 6.45) is 1.17. The van der Waals surface area contributed by atoms with Crippen molar-refractivity contribution >= 4 is 23.0 Å². The summed E-state index contributed by atoms with van der Waals surface area (Å²) in [5, 5.41) is 16.4. The van der Waals surface area contributed by atoms with Gasteiger partial charge < -0.3 is 15.4 Å². The molecule has 0 unspecified atom stereocenters. The average molecular weight is 293 g/mol. The Balaban J connectivity index is 2.40. The largest absolute Gasteiger partial charge is 0.494 e. The molecule has 0 aliphatic rings. The monoisotopic (exact) mass is 293 g/mol. The van der Waals surface area contributed by atoms with Crippen LogP contribution in [0.2, 0.25) is 0 Å². The maximum Gasteiger partial charge on any atom is 0.353 e. The number of hydrogen-bond acceptors (Lipinski definition) is 7. The fourth-order valence-electron chi connectivity index (χ4n) is 1.71. The normalized spacial score (nSPS) is 10.0. The molecule has 1 heterocycles. The van der Waals surface area contributed by atoms with Gasteiger partial charge in [-0.2, -0.15) is 0 Å². The molecular formula is C12H12FN5O3. The maximum atomic E-state index is 13.6. The van der Waals surface area contributed by atoms with Crippen molar-refractivity contribution in [2.45, 2.75) is 0 Å². The first-order valence-electron chi connectivity index (χ1n) is 5.84. The highest BCUT2D eigenvalue weighted by Crippen LogP contribution is 2.31. The van der Waals surface area contributed by atoms with Gasteiger partial charge in [-0.05, 0) is 12.1 Å². The second-order valence-corrected chi connectivity index (χ2v) is 3.90. The molecule has 110 valence electrons. The third-order valence-corrected chi connectivity index (χ3v) is 2.66. The molecule has 0 saturated heterocycles. The fraction of sp³-hybridized carbons (Fsp3) is 0.167. The quantitative estimate of drug-likeness (QED) is 0.644. The highest BCUT2D eigenvalue weighted by Gasteiger charge is 2.22. The lowest BCUT2D eigenvalue weighted by Gasteiger charge is -2.09. The van der Waals surface area contributed by atoms with E-state index in [1.54, 1.807) is 0 Å². The van der Waals surface area contributed by atoms with Crippen LogP contribution < -0.4 is 15.4 Å². The van der Waals surface area contributed by atoms with E-state index in [9.17, 15) is 14.5 Å². The van der Waals surface area contributed by atoms with Crippen molar-refractivity contribution in [2.24, 2.45) is 0 Å². The van der Waals surface area contributed by atoms with Crippen molar-refractivity contribution in [2.75, 3.05) is 24.8 Å². The molecular weight excluding hydrogens is 281 g/mol. The molecule has 2 N–H and O–H groups in total. The van der Waals surface area contributed by atoms with Crippen molar-refractivity contribution in [3.05, 3.63) is 40.5 Å². The number of nitrogens with zero attached hydrogens (tertiary/aromatic N) is 3. The Morgan fingerprint density at radius 1 is 1.33 bits per heavy atom. The number of nitrogens with one attached hydrogen (secondary N) is 2. The van der Waals surface area contributed by atoms with Crippen molar-refractivity contribution in [1.29, 1.82) is 0 Å². The van der Waals surface area contributed by atoms with E-state index in [2.05, 4.69) is 20.6 Å². The molecule has 9 heteroatoms. The number of hydrogen-bond donors (Lipinski definition) is 2. The van der Waals surface area contributed by atoms with Crippen LogP contribution in [0.1, 0.15) is 0 Å². The lowest BCUT2D eigenvalue weighted by atomic mass is 10.3. The van der Waals surface area contributed by atoms with Gasteiger partial charge in [0.15, 0.2) is 11.6 Å². The lowest BCUT2D eigenvalue weighted by molar-refractivity contribution is -0.383. The van der Waals surface area contributed by atoms with Gasteiger partial charge in [0, 0.05) is 18.8 Å². The van der Waals surface area contributed by atoms with Crippen LogP contribution >= 0.6 is 0 Å². The molecule has 0 aliphatic carbocycles. The number of halogens is 1.